The van der Waals surface area contributed by atoms with E-state index in [1.165, 1.54) is 4.90 Å². The van der Waals surface area contributed by atoms with E-state index in [1.807, 2.05) is 23.9 Å². The molecule has 1 aromatic rings. The minimum absolute atomic E-state index is 0.339. The number of aliphatic hydroxyl groups excluding tert-OH is 1. The van der Waals surface area contributed by atoms with Crippen LogP contribution in [0.1, 0.15) is 13.8 Å². The SMILES string of the molecule is C[C@@H](O)/C=C\[C@H](C)CSc1ccccc1. The number of rotatable bonds is 5. The molecule has 0 aliphatic carbocycles. The predicted octanol–water partition coefficient (Wildman–Crippen LogP) is 3.35. The van der Waals surface area contributed by atoms with Crippen LogP contribution >= 0.6 is 11.8 Å². The molecule has 0 amide bonds. The first-order valence-electron chi connectivity index (χ1n) is 5.22. The van der Waals surface area contributed by atoms with Crippen LogP contribution in [-0.4, -0.2) is 17.0 Å². The van der Waals surface area contributed by atoms with Crippen LogP contribution in [0, 0.1) is 5.92 Å². The molecule has 0 spiro atoms. The summed E-state index contributed by atoms with van der Waals surface area (Å²) < 4.78 is 0. The van der Waals surface area contributed by atoms with Gasteiger partial charge in [0.1, 0.15) is 0 Å². The first kappa shape index (κ1) is 12.3. The smallest absolute Gasteiger partial charge is 0.0692 e. The molecule has 82 valence electrons. The molecule has 0 aromatic heterocycles. The fraction of sp³-hybridized carbons (Fsp3) is 0.385. The molecule has 1 nitrogen and oxygen atoms in total. The maximum absolute atomic E-state index is 9.09. The topological polar surface area (TPSA) is 20.2 Å². The lowest BCUT2D eigenvalue weighted by Gasteiger charge is -2.06. The number of hydrogen-bond acceptors (Lipinski definition) is 2. The Morgan fingerprint density at radius 3 is 2.47 bits per heavy atom. The van der Waals surface area contributed by atoms with Gasteiger partial charge in [0.05, 0.1) is 6.10 Å². The monoisotopic (exact) mass is 222 g/mol. The highest BCUT2D eigenvalue weighted by Crippen LogP contribution is 2.20. The quantitative estimate of drug-likeness (QED) is 0.609. The Morgan fingerprint density at radius 2 is 1.87 bits per heavy atom. The normalized spacial score (nSPS) is 15.4. The fourth-order valence-electron chi connectivity index (χ4n) is 1.15. The number of thioether (sulfide) groups is 1. The van der Waals surface area contributed by atoms with E-state index in [4.69, 9.17) is 5.11 Å². The van der Waals surface area contributed by atoms with Crippen molar-refractivity contribution in [3.63, 3.8) is 0 Å². The molecule has 0 unspecified atom stereocenters. The van der Waals surface area contributed by atoms with Crippen LogP contribution in [0.15, 0.2) is 47.4 Å². The highest BCUT2D eigenvalue weighted by atomic mass is 32.2. The summed E-state index contributed by atoms with van der Waals surface area (Å²) in [6, 6.07) is 10.4. The van der Waals surface area contributed by atoms with Gasteiger partial charge < -0.3 is 5.11 Å². The van der Waals surface area contributed by atoms with E-state index >= 15 is 0 Å². The fourth-order valence-corrected chi connectivity index (χ4v) is 2.07. The van der Waals surface area contributed by atoms with Crippen LogP contribution in [0.4, 0.5) is 0 Å². The maximum Gasteiger partial charge on any atom is 0.0692 e. The minimum atomic E-state index is -0.339. The van der Waals surface area contributed by atoms with E-state index in [0.717, 1.165) is 5.75 Å². The Kier molecular flexibility index (Phi) is 5.51. The zero-order chi connectivity index (χ0) is 11.1. The molecule has 0 aliphatic rings. The van der Waals surface area contributed by atoms with Gasteiger partial charge in [0.25, 0.3) is 0 Å². The van der Waals surface area contributed by atoms with Crippen molar-refractivity contribution in [1.29, 1.82) is 0 Å². The summed E-state index contributed by atoms with van der Waals surface area (Å²) in [6.45, 7) is 3.93. The molecule has 0 saturated carbocycles. The van der Waals surface area contributed by atoms with Crippen molar-refractivity contribution in [3.8, 4) is 0 Å². The molecule has 0 bridgehead atoms. The first-order chi connectivity index (χ1) is 7.18. The second-order valence-electron chi connectivity index (χ2n) is 3.73. The van der Waals surface area contributed by atoms with Gasteiger partial charge in [-0.3, -0.25) is 0 Å². The lowest BCUT2D eigenvalue weighted by Crippen LogP contribution is -1.97. The van der Waals surface area contributed by atoms with Crippen molar-refractivity contribution in [2.75, 3.05) is 5.75 Å². The summed E-state index contributed by atoms with van der Waals surface area (Å²) >= 11 is 1.85. The summed E-state index contributed by atoms with van der Waals surface area (Å²) in [5, 5.41) is 9.09. The Hall–Kier alpha value is -0.730. The lowest BCUT2D eigenvalue weighted by molar-refractivity contribution is 0.243. The molecule has 1 N–H and O–H groups in total. The van der Waals surface area contributed by atoms with E-state index < -0.39 is 0 Å². The molecule has 0 heterocycles. The van der Waals surface area contributed by atoms with Crippen molar-refractivity contribution in [3.05, 3.63) is 42.5 Å². The minimum Gasteiger partial charge on any atom is -0.389 e. The molecule has 1 rings (SSSR count). The molecule has 2 heteroatoms. The van der Waals surface area contributed by atoms with Gasteiger partial charge in [-0.1, -0.05) is 37.3 Å². The third-order valence-electron chi connectivity index (χ3n) is 1.97. The highest BCUT2D eigenvalue weighted by molar-refractivity contribution is 7.99. The van der Waals surface area contributed by atoms with E-state index in [9.17, 15) is 0 Å². The maximum atomic E-state index is 9.09. The standard InChI is InChI=1S/C13H18OS/c1-11(8-9-12(2)14)10-15-13-6-4-3-5-7-13/h3-9,11-12,14H,10H2,1-2H3/b9-8-/t11-,12+/m0/s1. The average molecular weight is 222 g/mol. The number of hydrogen-bond donors (Lipinski definition) is 1. The Bertz CT molecular complexity index is 293. The van der Waals surface area contributed by atoms with Crippen LogP contribution in [0.25, 0.3) is 0 Å². The van der Waals surface area contributed by atoms with Crippen molar-refractivity contribution in [2.24, 2.45) is 5.92 Å². The number of aliphatic hydroxyl groups is 1. The summed E-state index contributed by atoms with van der Waals surface area (Å²) in [6.07, 6.45) is 3.57. The Labute approximate surface area is 96.2 Å². The Morgan fingerprint density at radius 1 is 1.20 bits per heavy atom. The third kappa shape index (κ3) is 5.65. The van der Waals surface area contributed by atoms with Crippen LogP contribution in [0.3, 0.4) is 0 Å². The largest absolute Gasteiger partial charge is 0.389 e. The first-order valence-corrected chi connectivity index (χ1v) is 6.21. The van der Waals surface area contributed by atoms with Gasteiger partial charge in [0.2, 0.25) is 0 Å². The van der Waals surface area contributed by atoms with Gasteiger partial charge in [-0.25, -0.2) is 0 Å². The number of benzene rings is 1. The van der Waals surface area contributed by atoms with Crippen molar-refractivity contribution in [2.45, 2.75) is 24.8 Å². The highest BCUT2D eigenvalue weighted by Gasteiger charge is 1.99. The Balaban J connectivity index is 2.31. The molecular weight excluding hydrogens is 204 g/mol. The third-order valence-corrected chi connectivity index (χ3v) is 3.27. The lowest BCUT2D eigenvalue weighted by atomic mass is 10.2. The zero-order valence-electron chi connectivity index (χ0n) is 9.26. The van der Waals surface area contributed by atoms with Crippen molar-refractivity contribution in [1.82, 2.24) is 0 Å². The second-order valence-corrected chi connectivity index (χ2v) is 4.82. The summed E-state index contributed by atoms with van der Waals surface area (Å²) in [7, 11) is 0. The van der Waals surface area contributed by atoms with E-state index in [2.05, 4.69) is 37.3 Å². The molecule has 15 heavy (non-hydrogen) atoms. The number of allylic oxidation sites excluding steroid dienone is 1. The molecule has 0 aliphatic heterocycles. The van der Waals surface area contributed by atoms with Gasteiger partial charge in [-0.2, -0.15) is 0 Å². The molecule has 0 radical (unpaired) electrons. The van der Waals surface area contributed by atoms with Crippen LogP contribution < -0.4 is 0 Å². The van der Waals surface area contributed by atoms with Crippen LogP contribution in [0.2, 0.25) is 0 Å². The second kappa shape index (κ2) is 6.70. The van der Waals surface area contributed by atoms with Gasteiger partial charge in [-0.05, 0) is 25.0 Å². The van der Waals surface area contributed by atoms with Crippen LogP contribution in [0.5, 0.6) is 0 Å². The molecule has 1 aromatic carbocycles. The van der Waals surface area contributed by atoms with Crippen molar-refractivity contribution >= 4 is 11.8 Å². The van der Waals surface area contributed by atoms with E-state index in [-0.39, 0.29) is 6.10 Å². The summed E-state index contributed by atoms with van der Waals surface area (Å²) in [5.74, 6) is 1.54. The van der Waals surface area contributed by atoms with Crippen LogP contribution in [-0.2, 0) is 0 Å². The van der Waals surface area contributed by atoms with E-state index in [1.54, 1.807) is 6.92 Å². The van der Waals surface area contributed by atoms with Gasteiger partial charge in [0.15, 0.2) is 0 Å². The predicted molar refractivity (Wildman–Crippen MR) is 67.2 cm³/mol. The molecule has 0 fully saturated rings. The van der Waals surface area contributed by atoms with Crippen molar-refractivity contribution < 1.29 is 5.11 Å². The summed E-state index contributed by atoms with van der Waals surface area (Å²) in [5.41, 5.74) is 0. The molecule has 2 atom stereocenters. The van der Waals surface area contributed by atoms with E-state index in [0.29, 0.717) is 5.92 Å². The van der Waals surface area contributed by atoms with Gasteiger partial charge >= 0.3 is 0 Å². The zero-order valence-corrected chi connectivity index (χ0v) is 10.1. The molecule has 0 saturated heterocycles. The molecular formula is C13H18OS. The average Bonchev–Trinajstić information content (AvgIpc) is 2.25. The summed E-state index contributed by atoms with van der Waals surface area (Å²) in [4.78, 5) is 1.30. The van der Waals surface area contributed by atoms with Gasteiger partial charge in [0, 0.05) is 10.6 Å². The van der Waals surface area contributed by atoms with Gasteiger partial charge in [-0.15, -0.1) is 11.8 Å².